The molecule has 162 valence electrons. The van der Waals surface area contributed by atoms with E-state index in [1.807, 2.05) is 17.0 Å². The van der Waals surface area contributed by atoms with Gasteiger partial charge >= 0.3 is 5.69 Å². The van der Waals surface area contributed by atoms with E-state index in [4.69, 9.17) is 0 Å². The van der Waals surface area contributed by atoms with Crippen LogP contribution in [0.2, 0.25) is 0 Å². The minimum Gasteiger partial charge on any atom is -0.315 e. The number of aryl methyl sites for hydroxylation is 2. The van der Waals surface area contributed by atoms with Gasteiger partial charge in [0.1, 0.15) is 6.54 Å². The molecule has 1 aromatic carbocycles. The molecule has 0 bridgehead atoms. The van der Waals surface area contributed by atoms with E-state index in [0.29, 0.717) is 0 Å². The van der Waals surface area contributed by atoms with Crippen molar-refractivity contribution < 1.29 is 4.79 Å². The molecule has 0 radical (unpaired) electrons. The summed E-state index contributed by atoms with van der Waals surface area (Å²) >= 11 is 0. The highest BCUT2D eigenvalue weighted by Crippen LogP contribution is 2.45. The number of imidazole rings is 1. The summed E-state index contributed by atoms with van der Waals surface area (Å²) in [7, 11) is 5.13. The Kier molecular flexibility index (Phi) is 4.40. The lowest BCUT2D eigenvalue weighted by Crippen LogP contribution is -2.48. The van der Waals surface area contributed by atoms with Gasteiger partial charge in [0.05, 0.1) is 6.33 Å². The Hall–Kier alpha value is -3.20. The van der Waals surface area contributed by atoms with E-state index in [-0.39, 0.29) is 35.6 Å². The summed E-state index contributed by atoms with van der Waals surface area (Å²) in [6.45, 7) is 3.93. The largest absolute Gasteiger partial charge is 0.332 e. The molecular weight excluding hydrogens is 396 g/mol. The first-order valence-electron chi connectivity index (χ1n) is 10.5. The van der Waals surface area contributed by atoms with Gasteiger partial charge in [-0.25, -0.2) is 9.78 Å². The van der Waals surface area contributed by atoms with Crippen LogP contribution in [0.1, 0.15) is 23.5 Å². The standard InChI is InChI=1S/C22H26N6O3/c1-13-5-6-16-14(9-13)15-10-24(2)8-7-17(15)28(16)18(29)11-27-12-23-20-19(27)21(30)26(4)22(31)25(20)3/h5-6,9,12,15,17H,7-8,10-11H2,1-4H3/t15-,17-/m1/s1. The minimum atomic E-state index is -0.446. The molecule has 9 heteroatoms. The van der Waals surface area contributed by atoms with Crippen LogP contribution in [0.15, 0.2) is 34.1 Å². The number of anilines is 1. The number of benzene rings is 1. The summed E-state index contributed by atoms with van der Waals surface area (Å²) in [5, 5.41) is 0. The number of hydrogen-bond donors (Lipinski definition) is 0. The molecule has 0 spiro atoms. The van der Waals surface area contributed by atoms with Crippen LogP contribution >= 0.6 is 0 Å². The molecule has 9 nitrogen and oxygen atoms in total. The predicted molar refractivity (Wildman–Crippen MR) is 118 cm³/mol. The number of likely N-dealkylation sites (tertiary alicyclic amines) is 1. The summed E-state index contributed by atoms with van der Waals surface area (Å²) in [5.74, 6) is 0.211. The van der Waals surface area contributed by atoms with Gasteiger partial charge in [0.2, 0.25) is 5.91 Å². The summed E-state index contributed by atoms with van der Waals surface area (Å²) in [6.07, 6.45) is 2.38. The van der Waals surface area contributed by atoms with Gasteiger partial charge in [0.25, 0.3) is 5.56 Å². The van der Waals surface area contributed by atoms with Crippen molar-refractivity contribution in [3.8, 4) is 0 Å². The summed E-state index contributed by atoms with van der Waals surface area (Å²) in [5.41, 5.74) is 3.04. The molecule has 3 aromatic rings. The average Bonchev–Trinajstić information content (AvgIpc) is 3.29. The van der Waals surface area contributed by atoms with Crippen LogP contribution in [0.3, 0.4) is 0 Å². The van der Waals surface area contributed by atoms with Crippen molar-refractivity contribution in [1.29, 1.82) is 0 Å². The molecule has 0 saturated carbocycles. The molecule has 1 saturated heterocycles. The second kappa shape index (κ2) is 6.91. The number of rotatable bonds is 2. The maximum absolute atomic E-state index is 13.6. The van der Waals surface area contributed by atoms with Crippen molar-refractivity contribution in [3.05, 3.63) is 56.5 Å². The lowest BCUT2D eigenvalue weighted by molar-refractivity contribution is -0.119. The Morgan fingerprint density at radius 1 is 1.16 bits per heavy atom. The number of fused-ring (bicyclic) bond motifs is 4. The second-order valence-electron chi connectivity index (χ2n) is 8.80. The first-order valence-corrected chi connectivity index (χ1v) is 10.5. The van der Waals surface area contributed by atoms with Gasteiger partial charge in [-0.1, -0.05) is 17.7 Å². The van der Waals surface area contributed by atoms with E-state index in [2.05, 4.69) is 29.9 Å². The van der Waals surface area contributed by atoms with E-state index < -0.39 is 11.2 Å². The Bertz CT molecular complexity index is 1330. The molecule has 2 aliphatic heterocycles. The molecule has 0 unspecified atom stereocenters. The molecule has 2 atom stereocenters. The number of aromatic nitrogens is 4. The quantitative estimate of drug-likeness (QED) is 0.603. The zero-order chi connectivity index (χ0) is 22.0. The van der Waals surface area contributed by atoms with E-state index in [0.717, 1.165) is 29.8 Å². The Balaban J connectivity index is 1.56. The highest BCUT2D eigenvalue weighted by molar-refractivity contribution is 5.97. The maximum atomic E-state index is 13.6. The molecule has 4 heterocycles. The molecule has 1 amide bonds. The van der Waals surface area contributed by atoms with E-state index in [1.165, 1.54) is 29.1 Å². The SMILES string of the molecule is Cc1ccc2c(c1)[C@H]1CN(C)CC[C@H]1N2C(=O)Cn1cnc2c1c(=O)n(C)c(=O)n2C. The Morgan fingerprint density at radius 3 is 2.71 bits per heavy atom. The lowest BCUT2D eigenvalue weighted by atomic mass is 9.89. The lowest BCUT2D eigenvalue weighted by Gasteiger charge is -2.36. The van der Waals surface area contributed by atoms with Crippen molar-refractivity contribution >= 4 is 22.8 Å². The molecule has 0 N–H and O–H groups in total. The van der Waals surface area contributed by atoms with Gasteiger partial charge < -0.3 is 14.4 Å². The average molecular weight is 422 g/mol. The van der Waals surface area contributed by atoms with Gasteiger partial charge in [-0.05, 0) is 38.6 Å². The van der Waals surface area contributed by atoms with Gasteiger partial charge in [-0.15, -0.1) is 0 Å². The number of carbonyl (C=O) groups excluding carboxylic acids is 1. The van der Waals surface area contributed by atoms with E-state index in [9.17, 15) is 14.4 Å². The van der Waals surface area contributed by atoms with Crippen molar-refractivity contribution in [2.24, 2.45) is 14.1 Å². The number of amides is 1. The molecule has 5 rings (SSSR count). The predicted octanol–water partition coefficient (Wildman–Crippen LogP) is 0.577. The van der Waals surface area contributed by atoms with Crippen molar-refractivity contribution in [2.75, 3.05) is 25.0 Å². The molecule has 0 aliphatic carbocycles. The number of likely N-dealkylation sites (N-methyl/N-ethyl adjacent to an activating group) is 1. The Labute approximate surface area is 179 Å². The first-order chi connectivity index (χ1) is 14.8. The zero-order valence-corrected chi connectivity index (χ0v) is 18.2. The summed E-state index contributed by atoms with van der Waals surface area (Å²) in [4.78, 5) is 47.0. The fraction of sp³-hybridized carbons (Fsp3) is 0.455. The smallest absolute Gasteiger partial charge is 0.315 e. The number of hydrogen-bond acceptors (Lipinski definition) is 5. The van der Waals surface area contributed by atoms with Crippen molar-refractivity contribution in [3.63, 3.8) is 0 Å². The van der Waals surface area contributed by atoms with Crippen LogP contribution in [-0.2, 0) is 25.4 Å². The molecule has 2 aliphatic rings. The van der Waals surface area contributed by atoms with Crippen LogP contribution in [0.25, 0.3) is 11.2 Å². The number of piperidine rings is 1. The topological polar surface area (TPSA) is 85.4 Å². The third-order valence-electron chi connectivity index (χ3n) is 6.74. The van der Waals surface area contributed by atoms with Gasteiger partial charge in [-0.2, -0.15) is 0 Å². The monoisotopic (exact) mass is 422 g/mol. The van der Waals surface area contributed by atoms with Crippen LogP contribution in [0.4, 0.5) is 5.69 Å². The fourth-order valence-electron chi connectivity index (χ4n) is 5.14. The number of carbonyl (C=O) groups is 1. The molecular formula is C22H26N6O3. The van der Waals surface area contributed by atoms with E-state index >= 15 is 0 Å². The summed E-state index contributed by atoms with van der Waals surface area (Å²) < 4.78 is 3.94. The van der Waals surface area contributed by atoms with Gasteiger partial charge in [0, 0.05) is 38.3 Å². The van der Waals surface area contributed by atoms with Crippen LogP contribution in [0.5, 0.6) is 0 Å². The highest BCUT2D eigenvalue weighted by Gasteiger charge is 2.43. The molecule has 1 fully saturated rings. The normalized spacial score (nSPS) is 20.8. The maximum Gasteiger partial charge on any atom is 0.332 e. The van der Waals surface area contributed by atoms with Crippen LogP contribution in [-0.4, -0.2) is 55.7 Å². The zero-order valence-electron chi connectivity index (χ0n) is 18.2. The molecule has 31 heavy (non-hydrogen) atoms. The van der Waals surface area contributed by atoms with Crippen LogP contribution in [0, 0.1) is 6.92 Å². The number of nitrogens with zero attached hydrogens (tertiary/aromatic N) is 6. The van der Waals surface area contributed by atoms with Gasteiger partial charge in [-0.3, -0.25) is 18.7 Å². The van der Waals surface area contributed by atoms with Crippen molar-refractivity contribution in [1.82, 2.24) is 23.6 Å². The van der Waals surface area contributed by atoms with Crippen LogP contribution < -0.4 is 16.1 Å². The third kappa shape index (κ3) is 2.87. The third-order valence-corrected chi connectivity index (χ3v) is 6.74. The second-order valence-corrected chi connectivity index (χ2v) is 8.80. The highest BCUT2D eigenvalue weighted by atomic mass is 16.2. The van der Waals surface area contributed by atoms with Gasteiger partial charge in [0.15, 0.2) is 11.2 Å². The van der Waals surface area contributed by atoms with E-state index in [1.54, 1.807) is 11.6 Å². The minimum absolute atomic E-state index is 0.00365. The first kappa shape index (κ1) is 19.7. The molecule has 2 aromatic heterocycles. The Morgan fingerprint density at radius 2 is 1.94 bits per heavy atom. The summed E-state index contributed by atoms with van der Waals surface area (Å²) in [6, 6.07) is 6.38. The fourth-order valence-corrected chi connectivity index (χ4v) is 5.14. The van der Waals surface area contributed by atoms with Crippen molar-refractivity contribution in [2.45, 2.75) is 31.8 Å².